The number of para-hydroxylation sites is 1. The van der Waals surface area contributed by atoms with E-state index in [9.17, 15) is 8.42 Å². The van der Waals surface area contributed by atoms with Crippen molar-refractivity contribution in [2.75, 3.05) is 19.5 Å². The summed E-state index contributed by atoms with van der Waals surface area (Å²) >= 11 is 0. The minimum absolute atomic E-state index is 0.0306. The van der Waals surface area contributed by atoms with Gasteiger partial charge in [-0.25, -0.2) is 8.42 Å². The largest absolute Gasteiger partial charge is 0.497 e. The van der Waals surface area contributed by atoms with Gasteiger partial charge in [0.1, 0.15) is 5.75 Å². The van der Waals surface area contributed by atoms with E-state index in [1.54, 1.807) is 18.4 Å². The zero-order valence-corrected chi connectivity index (χ0v) is 18.7. The van der Waals surface area contributed by atoms with Gasteiger partial charge in [0.05, 0.1) is 36.3 Å². The van der Waals surface area contributed by atoms with Gasteiger partial charge in [-0.1, -0.05) is 30.3 Å². The Morgan fingerprint density at radius 2 is 2.00 bits per heavy atom. The second-order valence-corrected chi connectivity index (χ2v) is 10.4. The molecule has 0 N–H and O–H groups in total. The normalized spacial score (nSPS) is 23.8. The molecule has 0 saturated carbocycles. The third-order valence-corrected chi connectivity index (χ3v) is 7.61. The van der Waals surface area contributed by atoms with Crippen molar-refractivity contribution in [2.45, 2.75) is 37.0 Å². The van der Waals surface area contributed by atoms with Crippen LogP contribution in [0.5, 0.6) is 5.75 Å². The molecule has 5 rings (SSSR count). The van der Waals surface area contributed by atoms with Crippen molar-refractivity contribution in [2.24, 2.45) is 0 Å². The summed E-state index contributed by atoms with van der Waals surface area (Å²) in [5.41, 5.74) is 2.50. The summed E-state index contributed by atoms with van der Waals surface area (Å²) in [5.74, 6) is 0.676. The lowest BCUT2D eigenvalue weighted by Gasteiger charge is -2.22. The summed E-state index contributed by atoms with van der Waals surface area (Å²) in [6, 6.07) is 16.9. The summed E-state index contributed by atoms with van der Waals surface area (Å²) in [7, 11) is -1.80. The lowest BCUT2D eigenvalue weighted by Crippen LogP contribution is -2.39. The number of pyridine rings is 1. The molecule has 2 aromatic carbocycles. The van der Waals surface area contributed by atoms with Crippen molar-refractivity contribution in [3.63, 3.8) is 0 Å². The van der Waals surface area contributed by atoms with Gasteiger partial charge in [0.2, 0.25) is 0 Å². The molecule has 168 valence electrons. The average molecular weight is 455 g/mol. The summed E-state index contributed by atoms with van der Waals surface area (Å²) in [5, 5.41) is 2.71. The molecule has 3 aromatic rings. The number of benzene rings is 2. The number of fused-ring (bicyclic) bond motifs is 1. The van der Waals surface area contributed by atoms with E-state index in [0.717, 1.165) is 35.1 Å². The fourth-order valence-corrected chi connectivity index (χ4v) is 6.00. The Kier molecular flexibility index (Phi) is 5.86. The first kappa shape index (κ1) is 21.3. The van der Waals surface area contributed by atoms with E-state index in [0.29, 0.717) is 12.2 Å². The molecule has 0 amide bonds. The first-order valence-electron chi connectivity index (χ1n) is 10.8. The minimum atomic E-state index is -3.42. The molecule has 2 fully saturated rings. The Balaban J connectivity index is 1.32. The lowest BCUT2D eigenvalue weighted by molar-refractivity contribution is 0.0241. The first-order chi connectivity index (χ1) is 15.5. The summed E-state index contributed by atoms with van der Waals surface area (Å²) in [6.07, 6.45) is 2.97. The van der Waals surface area contributed by atoms with Crippen LogP contribution in [0.2, 0.25) is 0 Å². The minimum Gasteiger partial charge on any atom is -0.497 e. The van der Waals surface area contributed by atoms with E-state index in [1.165, 1.54) is 0 Å². The van der Waals surface area contributed by atoms with E-state index in [4.69, 9.17) is 14.3 Å². The monoisotopic (exact) mass is 454 g/mol. The Morgan fingerprint density at radius 1 is 1.19 bits per heavy atom. The number of hydrogen-bond donors (Lipinski definition) is 0. The molecule has 0 bridgehead atoms. The molecule has 3 heterocycles. The summed E-state index contributed by atoms with van der Waals surface area (Å²) < 4.78 is 37.4. The first-order valence-corrected chi connectivity index (χ1v) is 12.6. The third-order valence-electron chi connectivity index (χ3n) is 5.99. The van der Waals surface area contributed by atoms with Gasteiger partial charge in [-0.05, 0) is 48.2 Å². The molecule has 4 atom stereocenters. The average Bonchev–Trinajstić information content (AvgIpc) is 3.40. The third kappa shape index (κ3) is 4.63. The van der Waals surface area contributed by atoms with E-state index in [2.05, 4.69) is 4.98 Å². The lowest BCUT2D eigenvalue weighted by atomic mass is 10.1. The quantitative estimate of drug-likeness (QED) is 0.481. The Morgan fingerprint density at radius 3 is 2.75 bits per heavy atom. The molecule has 2 unspecified atom stereocenters. The maximum absolute atomic E-state index is 13.2. The van der Waals surface area contributed by atoms with Crippen LogP contribution < -0.4 is 4.74 Å². The molecule has 2 aliphatic heterocycles. The summed E-state index contributed by atoms with van der Waals surface area (Å²) in [4.78, 5) is 10.2. The summed E-state index contributed by atoms with van der Waals surface area (Å²) in [6.45, 7) is 0.650. The van der Waals surface area contributed by atoms with Gasteiger partial charge in [0.15, 0.2) is 16.1 Å². The molecule has 32 heavy (non-hydrogen) atoms. The number of aromatic nitrogens is 1. The molecule has 8 heteroatoms. The number of rotatable bonds is 8. The molecule has 2 aliphatic rings. The smallest absolute Gasteiger partial charge is 0.180 e. The molecule has 7 nitrogen and oxygen atoms in total. The van der Waals surface area contributed by atoms with Crippen molar-refractivity contribution < 1.29 is 22.7 Å². The van der Waals surface area contributed by atoms with Crippen LogP contribution in [0.1, 0.15) is 30.2 Å². The maximum Gasteiger partial charge on any atom is 0.180 e. The standard InChI is InChI=1S/C24H26N2O5S/c1-29-20-10-8-18(9-11-20)24-26(31-24)22(23-7-4-12-30-23)16-32(27,28)15-17-13-19-5-2-3-6-21(19)25-14-17/h2-3,5-6,8-11,13-14,22-24H,4,7,12,15-16H2,1H3/t22-,23-,24?,26?/m1/s1. The fraction of sp³-hybridized carbons (Fsp3) is 0.375. The highest BCUT2D eigenvalue weighted by molar-refractivity contribution is 7.90. The van der Waals surface area contributed by atoms with Crippen molar-refractivity contribution in [1.29, 1.82) is 0 Å². The van der Waals surface area contributed by atoms with Crippen molar-refractivity contribution in [1.82, 2.24) is 10.0 Å². The van der Waals surface area contributed by atoms with Crippen LogP contribution in [0.25, 0.3) is 10.9 Å². The van der Waals surface area contributed by atoms with Gasteiger partial charge in [-0.15, -0.1) is 5.06 Å². The van der Waals surface area contributed by atoms with Gasteiger partial charge in [0.25, 0.3) is 0 Å². The molecular weight excluding hydrogens is 428 g/mol. The Hall–Kier alpha value is -2.52. The van der Waals surface area contributed by atoms with Crippen molar-refractivity contribution in [3.8, 4) is 5.75 Å². The Bertz CT molecular complexity index is 1190. The topological polar surface area (TPSA) is 81.0 Å². The van der Waals surface area contributed by atoms with E-state index < -0.39 is 9.84 Å². The highest BCUT2D eigenvalue weighted by Crippen LogP contribution is 2.42. The van der Waals surface area contributed by atoms with Gasteiger partial charge >= 0.3 is 0 Å². The molecule has 0 aliphatic carbocycles. The van der Waals surface area contributed by atoms with E-state index in [1.807, 2.05) is 54.6 Å². The maximum atomic E-state index is 13.2. The highest BCUT2D eigenvalue weighted by atomic mass is 32.2. The number of ether oxygens (including phenoxy) is 2. The van der Waals surface area contributed by atoms with Crippen LogP contribution in [0.15, 0.2) is 60.8 Å². The van der Waals surface area contributed by atoms with E-state index in [-0.39, 0.29) is 29.9 Å². The second kappa shape index (κ2) is 8.78. The highest BCUT2D eigenvalue weighted by Gasteiger charge is 2.49. The predicted octanol–water partition coefficient (Wildman–Crippen LogP) is 3.65. The zero-order valence-electron chi connectivity index (χ0n) is 17.9. The van der Waals surface area contributed by atoms with Crippen LogP contribution >= 0.6 is 0 Å². The number of nitrogens with zero attached hydrogens (tertiary/aromatic N) is 2. The van der Waals surface area contributed by atoms with Crippen molar-refractivity contribution >= 4 is 20.7 Å². The van der Waals surface area contributed by atoms with E-state index >= 15 is 0 Å². The fourth-order valence-electron chi connectivity index (χ4n) is 4.34. The number of hydroxylamine groups is 2. The van der Waals surface area contributed by atoms with Gasteiger partial charge < -0.3 is 9.47 Å². The Labute approximate surface area is 187 Å². The second-order valence-electron chi connectivity index (χ2n) is 8.30. The molecule has 1 aromatic heterocycles. The van der Waals surface area contributed by atoms with Crippen LogP contribution in [-0.2, 0) is 25.2 Å². The SMILES string of the molecule is COc1ccc(C2ON2[C@H](CS(=O)(=O)Cc2cnc3ccccc3c2)[C@H]2CCCO2)cc1. The molecular formula is C24H26N2O5S. The molecule has 0 radical (unpaired) electrons. The van der Waals surface area contributed by atoms with Gasteiger partial charge in [0, 0.05) is 18.2 Å². The van der Waals surface area contributed by atoms with Crippen molar-refractivity contribution in [3.05, 3.63) is 71.9 Å². The zero-order chi connectivity index (χ0) is 22.1. The van der Waals surface area contributed by atoms with Crippen LogP contribution in [0.4, 0.5) is 0 Å². The molecule has 0 spiro atoms. The van der Waals surface area contributed by atoms with Crippen LogP contribution in [-0.4, -0.2) is 50.1 Å². The van der Waals surface area contributed by atoms with Crippen LogP contribution in [0, 0.1) is 0 Å². The number of sulfone groups is 1. The van der Waals surface area contributed by atoms with Gasteiger partial charge in [-0.3, -0.25) is 9.82 Å². The number of hydrogen-bond acceptors (Lipinski definition) is 7. The molecule has 2 saturated heterocycles. The van der Waals surface area contributed by atoms with Crippen LogP contribution in [0.3, 0.4) is 0 Å². The van der Waals surface area contributed by atoms with Gasteiger partial charge in [-0.2, -0.15) is 0 Å². The number of methoxy groups -OCH3 is 1. The predicted molar refractivity (Wildman–Crippen MR) is 121 cm³/mol.